The van der Waals surface area contributed by atoms with E-state index in [1.165, 1.54) is 6.33 Å². The minimum Gasteiger partial charge on any atom is -0.481 e. The van der Waals surface area contributed by atoms with Crippen molar-refractivity contribution in [2.24, 2.45) is 0 Å². The van der Waals surface area contributed by atoms with Gasteiger partial charge in [-0.3, -0.25) is 14.2 Å². The molecule has 6 heteroatoms. The highest BCUT2D eigenvalue weighted by atomic mass is 16.4. The summed E-state index contributed by atoms with van der Waals surface area (Å²) in [4.78, 5) is 26.9. The zero-order chi connectivity index (χ0) is 15.4. The van der Waals surface area contributed by atoms with Gasteiger partial charge in [0.2, 0.25) is 0 Å². The van der Waals surface area contributed by atoms with Crippen LogP contribution in [0.15, 0.2) is 35.4 Å². The lowest BCUT2D eigenvalue weighted by atomic mass is 10.1. The Morgan fingerprint density at radius 3 is 2.62 bits per heavy atom. The first-order chi connectivity index (χ1) is 10.0. The van der Waals surface area contributed by atoms with Crippen LogP contribution in [0.2, 0.25) is 0 Å². The number of nitrogens with zero attached hydrogens (tertiary/aromatic N) is 3. The Labute approximate surface area is 120 Å². The number of carboxylic acids is 1. The fourth-order valence-electron chi connectivity index (χ4n) is 1.90. The molecule has 0 aliphatic carbocycles. The van der Waals surface area contributed by atoms with E-state index in [1.54, 1.807) is 12.1 Å². The van der Waals surface area contributed by atoms with Crippen molar-refractivity contribution in [2.45, 2.75) is 19.9 Å². The third-order valence-electron chi connectivity index (χ3n) is 3.04. The molecule has 0 aliphatic heterocycles. The molecule has 0 amide bonds. The second kappa shape index (κ2) is 6.01. The highest BCUT2D eigenvalue weighted by Crippen LogP contribution is 2.18. The van der Waals surface area contributed by atoms with Gasteiger partial charge in [0.25, 0.3) is 5.56 Å². The summed E-state index contributed by atoms with van der Waals surface area (Å²) in [7, 11) is 0. The van der Waals surface area contributed by atoms with Crippen LogP contribution in [-0.4, -0.2) is 20.6 Å². The number of carboxylic acid groups (broad SMARTS) is 1. The number of hydrogen-bond donors (Lipinski definition) is 1. The van der Waals surface area contributed by atoms with Crippen molar-refractivity contribution in [1.29, 1.82) is 5.26 Å². The second-order valence-corrected chi connectivity index (χ2v) is 4.59. The minimum absolute atomic E-state index is 0.00990. The van der Waals surface area contributed by atoms with Gasteiger partial charge < -0.3 is 5.11 Å². The van der Waals surface area contributed by atoms with Gasteiger partial charge in [-0.05, 0) is 6.92 Å². The summed E-state index contributed by atoms with van der Waals surface area (Å²) >= 11 is 0. The van der Waals surface area contributed by atoms with Gasteiger partial charge in [-0.2, -0.15) is 5.26 Å². The van der Waals surface area contributed by atoms with Crippen LogP contribution in [0, 0.1) is 18.3 Å². The molecule has 0 radical (unpaired) electrons. The molecule has 6 nitrogen and oxygen atoms in total. The Morgan fingerprint density at radius 1 is 1.38 bits per heavy atom. The summed E-state index contributed by atoms with van der Waals surface area (Å²) in [5, 5.41) is 17.8. The van der Waals surface area contributed by atoms with Gasteiger partial charge in [-0.1, -0.05) is 29.8 Å². The van der Waals surface area contributed by atoms with E-state index >= 15 is 0 Å². The largest absolute Gasteiger partial charge is 0.481 e. The molecule has 0 fully saturated rings. The standard InChI is InChI=1S/C15H13N3O3/c1-10-2-4-11(5-3-10)14-12(8-16)15(21)18(9-17-14)7-6-13(19)20/h2-5,9H,6-7H2,1H3,(H,19,20). The van der Waals surface area contributed by atoms with E-state index in [0.717, 1.165) is 10.1 Å². The number of hydrogen-bond acceptors (Lipinski definition) is 4. The molecule has 0 saturated carbocycles. The van der Waals surface area contributed by atoms with Crippen molar-refractivity contribution in [1.82, 2.24) is 9.55 Å². The van der Waals surface area contributed by atoms with E-state index in [-0.39, 0.29) is 18.5 Å². The Bertz CT molecular complexity index is 770. The maximum atomic E-state index is 12.2. The van der Waals surface area contributed by atoms with E-state index in [4.69, 9.17) is 5.11 Å². The highest BCUT2D eigenvalue weighted by molar-refractivity contribution is 5.67. The molecule has 106 valence electrons. The lowest BCUT2D eigenvalue weighted by molar-refractivity contribution is -0.137. The maximum Gasteiger partial charge on any atom is 0.305 e. The number of carbonyl (C=O) groups is 1. The van der Waals surface area contributed by atoms with Crippen LogP contribution in [-0.2, 0) is 11.3 Å². The van der Waals surface area contributed by atoms with Crippen molar-refractivity contribution in [2.75, 3.05) is 0 Å². The molecule has 2 rings (SSSR count). The van der Waals surface area contributed by atoms with Gasteiger partial charge in [-0.15, -0.1) is 0 Å². The van der Waals surface area contributed by atoms with Crippen LogP contribution in [0.3, 0.4) is 0 Å². The van der Waals surface area contributed by atoms with Crippen molar-refractivity contribution in [3.8, 4) is 17.3 Å². The molecule has 0 aliphatic rings. The molecule has 1 aromatic carbocycles. The Kier molecular flexibility index (Phi) is 4.14. The van der Waals surface area contributed by atoms with Crippen LogP contribution in [0.4, 0.5) is 0 Å². The first-order valence-electron chi connectivity index (χ1n) is 6.31. The lowest BCUT2D eigenvalue weighted by Crippen LogP contribution is -2.25. The summed E-state index contributed by atoms with van der Waals surface area (Å²) < 4.78 is 1.14. The van der Waals surface area contributed by atoms with Gasteiger partial charge >= 0.3 is 5.97 Å². The summed E-state index contributed by atoms with van der Waals surface area (Å²) in [6, 6.07) is 9.18. The molecule has 1 N–H and O–H groups in total. The molecule has 21 heavy (non-hydrogen) atoms. The summed E-state index contributed by atoms with van der Waals surface area (Å²) in [5.41, 5.74) is 1.46. The SMILES string of the molecule is Cc1ccc(-c2ncn(CCC(=O)O)c(=O)c2C#N)cc1. The number of nitriles is 1. The first-order valence-corrected chi connectivity index (χ1v) is 6.31. The number of benzene rings is 1. The normalized spacial score (nSPS) is 10.1. The maximum absolute atomic E-state index is 12.2. The van der Waals surface area contributed by atoms with Crippen molar-refractivity contribution >= 4 is 5.97 Å². The van der Waals surface area contributed by atoms with E-state index in [9.17, 15) is 14.9 Å². The molecule has 2 aromatic rings. The fourth-order valence-corrected chi connectivity index (χ4v) is 1.90. The van der Waals surface area contributed by atoms with Crippen LogP contribution >= 0.6 is 0 Å². The number of aliphatic carboxylic acids is 1. The molecule has 0 bridgehead atoms. The smallest absolute Gasteiger partial charge is 0.305 e. The van der Waals surface area contributed by atoms with E-state index in [0.29, 0.717) is 11.3 Å². The van der Waals surface area contributed by atoms with Crippen molar-refractivity contribution in [3.05, 3.63) is 52.1 Å². The zero-order valence-electron chi connectivity index (χ0n) is 11.4. The van der Waals surface area contributed by atoms with E-state index in [2.05, 4.69) is 4.98 Å². The van der Waals surface area contributed by atoms with Gasteiger partial charge in [0.15, 0.2) is 0 Å². The van der Waals surface area contributed by atoms with Crippen molar-refractivity contribution < 1.29 is 9.90 Å². The second-order valence-electron chi connectivity index (χ2n) is 4.59. The first kappa shape index (κ1) is 14.5. The molecule has 0 spiro atoms. The Balaban J connectivity index is 2.48. The molecule has 1 aromatic heterocycles. The Morgan fingerprint density at radius 2 is 2.05 bits per heavy atom. The number of aryl methyl sites for hydroxylation is 2. The molecule has 0 unspecified atom stereocenters. The molecule has 0 atom stereocenters. The van der Waals surface area contributed by atoms with Crippen LogP contribution < -0.4 is 5.56 Å². The molecular formula is C15H13N3O3. The third kappa shape index (κ3) is 3.15. The number of rotatable bonds is 4. The number of aromatic nitrogens is 2. The van der Waals surface area contributed by atoms with E-state index in [1.807, 2.05) is 25.1 Å². The van der Waals surface area contributed by atoms with Crippen LogP contribution in [0.1, 0.15) is 17.5 Å². The zero-order valence-corrected chi connectivity index (χ0v) is 11.4. The van der Waals surface area contributed by atoms with Gasteiger partial charge in [0.1, 0.15) is 11.6 Å². The van der Waals surface area contributed by atoms with E-state index < -0.39 is 11.5 Å². The quantitative estimate of drug-likeness (QED) is 0.918. The van der Waals surface area contributed by atoms with Crippen molar-refractivity contribution in [3.63, 3.8) is 0 Å². The lowest BCUT2D eigenvalue weighted by Gasteiger charge is -2.07. The van der Waals surface area contributed by atoms with Gasteiger partial charge in [0, 0.05) is 12.1 Å². The summed E-state index contributed by atoms with van der Waals surface area (Å²) in [6.45, 7) is 1.93. The molecule has 0 saturated heterocycles. The third-order valence-corrected chi connectivity index (χ3v) is 3.04. The summed E-state index contributed by atoms with van der Waals surface area (Å²) in [5.74, 6) is -1.01. The predicted octanol–water partition coefficient (Wildman–Crippen LogP) is 1.57. The predicted molar refractivity (Wildman–Crippen MR) is 75.6 cm³/mol. The average Bonchev–Trinajstić information content (AvgIpc) is 2.46. The highest BCUT2D eigenvalue weighted by Gasteiger charge is 2.13. The Hall–Kier alpha value is -2.94. The van der Waals surface area contributed by atoms with Crippen LogP contribution in [0.5, 0.6) is 0 Å². The van der Waals surface area contributed by atoms with Gasteiger partial charge in [0.05, 0.1) is 18.4 Å². The average molecular weight is 283 g/mol. The molecular weight excluding hydrogens is 270 g/mol. The minimum atomic E-state index is -1.01. The van der Waals surface area contributed by atoms with Crippen LogP contribution in [0.25, 0.3) is 11.3 Å². The molecule has 1 heterocycles. The van der Waals surface area contributed by atoms with Gasteiger partial charge in [-0.25, -0.2) is 4.98 Å². The fraction of sp³-hybridized carbons (Fsp3) is 0.200. The monoisotopic (exact) mass is 283 g/mol. The topological polar surface area (TPSA) is 96.0 Å². The summed E-state index contributed by atoms with van der Waals surface area (Å²) in [6.07, 6.45) is 1.08.